The Kier molecular flexibility index (Phi) is 6.72. The number of hydrogen-bond acceptors (Lipinski definition) is 5. The van der Waals surface area contributed by atoms with Gasteiger partial charge in [-0.3, -0.25) is 0 Å². The first kappa shape index (κ1) is 11.4. The SMILES string of the molecule is COCCOC(=O)[C@@H](N)C#P=O. The van der Waals surface area contributed by atoms with Crippen LogP contribution in [-0.2, 0) is 18.8 Å². The zero-order valence-corrected chi connectivity index (χ0v) is 7.54. The van der Waals surface area contributed by atoms with Crippen LogP contribution in [0.3, 0.4) is 0 Å². The van der Waals surface area contributed by atoms with Crippen molar-refractivity contribution in [1.82, 2.24) is 0 Å². The molecule has 0 bridgehead atoms. The van der Waals surface area contributed by atoms with Crippen LogP contribution >= 0.6 is 7.92 Å². The molecule has 5 nitrogen and oxygen atoms in total. The van der Waals surface area contributed by atoms with Gasteiger partial charge in [0.05, 0.1) is 0 Å². The molecule has 0 spiro atoms. The van der Waals surface area contributed by atoms with Crippen LogP contribution in [0.15, 0.2) is 0 Å². The van der Waals surface area contributed by atoms with Gasteiger partial charge in [0, 0.05) is 0 Å². The van der Waals surface area contributed by atoms with Crippen LogP contribution in [0.2, 0.25) is 0 Å². The Labute approximate surface area is 71.3 Å². The van der Waals surface area contributed by atoms with Gasteiger partial charge in [-0.1, -0.05) is 0 Å². The average molecular weight is 191 g/mol. The number of hydrogen-bond donors (Lipinski definition) is 1. The summed E-state index contributed by atoms with van der Waals surface area (Å²) in [5, 5.41) is 0. The monoisotopic (exact) mass is 191 g/mol. The van der Waals surface area contributed by atoms with E-state index >= 15 is 0 Å². The Hall–Kier alpha value is -0.600. The molecule has 12 heavy (non-hydrogen) atoms. The fourth-order valence-electron chi connectivity index (χ4n) is 0.425. The summed E-state index contributed by atoms with van der Waals surface area (Å²) >= 11 is 0. The first-order valence-electron chi connectivity index (χ1n) is 3.21. The second kappa shape index (κ2) is 7.07. The molecule has 2 N–H and O–H groups in total. The summed E-state index contributed by atoms with van der Waals surface area (Å²) < 4.78 is 19.2. The van der Waals surface area contributed by atoms with Crippen molar-refractivity contribution < 1.29 is 18.8 Å². The summed E-state index contributed by atoms with van der Waals surface area (Å²) in [5.41, 5.74) is 7.33. The van der Waals surface area contributed by atoms with E-state index in [1.54, 1.807) is 0 Å². The molecule has 0 aliphatic heterocycles. The molecule has 0 amide bonds. The number of ether oxygens (including phenoxy) is 2. The molecule has 0 saturated heterocycles. The van der Waals surface area contributed by atoms with E-state index in [-0.39, 0.29) is 6.61 Å². The Balaban J connectivity index is 3.69. The molecule has 0 aromatic rings. The third-order valence-corrected chi connectivity index (χ3v) is 1.36. The van der Waals surface area contributed by atoms with Crippen LogP contribution in [0.4, 0.5) is 0 Å². The molecule has 1 atom stereocenters. The molecule has 0 aliphatic carbocycles. The van der Waals surface area contributed by atoms with Gasteiger partial charge in [0.15, 0.2) is 0 Å². The Morgan fingerprint density at radius 1 is 1.67 bits per heavy atom. The van der Waals surface area contributed by atoms with E-state index in [1.807, 2.05) is 0 Å². The third-order valence-electron chi connectivity index (χ3n) is 0.978. The summed E-state index contributed by atoms with van der Waals surface area (Å²) in [5.74, 6) is -0.657. The van der Waals surface area contributed by atoms with E-state index < -0.39 is 19.9 Å². The first-order valence-corrected chi connectivity index (χ1v) is 4.02. The van der Waals surface area contributed by atoms with Crippen LogP contribution in [0, 0.1) is 5.63 Å². The van der Waals surface area contributed by atoms with Crippen molar-refractivity contribution in [1.29, 1.82) is 0 Å². The maximum absolute atomic E-state index is 10.8. The Morgan fingerprint density at radius 2 is 2.33 bits per heavy atom. The molecule has 0 unspecified atom stereocenters. The zero-order chi connectivity index (χ0) is 9.40. The molecule has 0 aromatic heterocycles. The first-order chi connectivity index (χ1) is 5.72. The van der Waals surface area contributed by atoms with Crippen LogP contribution < -0.4 is 5.73 Å². The third kappa shape index (κ3) is 5.10. The topological polar surface area (TPSA) is 78.6 Å². The fraction of sp³-hybridized carbons (Fsp3) is 0.667. The molecule has 0 radical (unpaired) electrons. The van der Waals surface area contributed by atoms with E-state index in [4.69, 9.17) is 5.73 Å². The predicted octanol–water partition coefficient (Wildman–Crippen LogP) is -0.246. The maximum atomic E-state index is 10.8. The van der Waals surface area contributed by atoms with Crippen LogP contribution in [0.5, 0.6) is 0 Å². The van der Waals surface area contributed by atoms with E-state index in [0.29, 0.717) is 6.61 Å². The van der Waals surface area contributed by atoms with Crippen molar-refractivity contribution in [2.75, 3.05) is 20.3 Å². The fourth-order valence-corrected chi connectivity index (χ4v) is 0.644. The van der Waals surface area contributed by atoms with Gasteiger partial charge in [-0.2, -0.15) is 0 Å². The van der Waals surface area contributed by atoms with Gasteiger partial charge in [-0.25, -0.2) is 0 Å². The van der Waals surface area contributed by atoms with Crippen molar-refractivity contribution in [3.63, 3.8) is 0 Å². The minimum atomic E-state index is -1.05. The molecule has 0 aromatic carbocycles. The minimum absolute atomic E-state index is 0.139. The van der Waals surface area contributed by atoms with E-state index in [0.717, 1.165) is 0 Å². The van der Waals surface area contributed by atoms with Crippen molar-refractivity contribution in [3.05, 3.63) is 0 Å². The van der Waals surface area contributed by atoms with Crippen molar-refractivity contribution in [3.8, 4) is 5.63 Å². The predicted molar refractivity (Wildman–Crippen MR) is 42.3 cm³/mol. The average Bonchev–Trinajstić information content (AvgIpc) is 2.05. The molecule has 0 rings (SSSR count). The number of nitrogens with two attached hydrogens (primary N) is 1. The molecular formula is C6H10NO4P. The zero-order valence-electron chi connectivity index (χ0n) is 6.65. The normalized spacial score (nSPS) is 11.5. The van der Waals surface area contributed by atoms with Gasteiger partial charge in [0.2, 0.25) is 0 Å². The second-order valence-electron chi connectivity index (χ2n) is 1.86. The molecule has 68 valence electrons. The van der Waals surface area contributed by atoms with Gasteiger partial charge in [0.1, 0.15) is 0 Å². The van der Waals surface area contributed by atoms with Crippen LogP contribution in [0.1, 0.15) is 0 Å². The quantitative estimate of drug-likeness (QED) is 0.376. The van der Waals surface area contributed by atoms with Crippen LogP contribution in [0.25, 0.3) is 0 Å². The van der Waals surface area contributed by atoms with Gasteiger partial charge < -0.3 is 0 Å². The molecule has 0 heterocycles. The molecule has 0 fully saturated rings. The van der Waals surface area contributed by atoms with E-state index in [9.17, 15) is 9.36 Å². The summed E-state index contributed by atoms with van der Waals surface area (Å²) in [7, 11) is 1.09. The van der Waals surface area contributed by atoms with Gasteiger partial charge in [-0.05, 0) is 0 Å². The number of carbonyl (C=O) groups excluding carboxylic acids is 1. The van der Waals surface area contributed by atoms with Crippen molar-refractivity contribution in [2.45, 2.75) is 6.04 Å². The van der Waals surface area contributed by atoms with Crippen LogP contribution in [-0.4, -0.2) is 32.3 Å². The number of carbonyl (C=O) groups is 1. The summed E-state index contributed by atoms with van der Waals surface area (Å²) in [6.45, 7) is 0.452. The summed E-state index contributed by atoms with van der Waals surface area (Å²) in [6, 6.07) is -1.05. The summed E-state index contributed by atoms with van der Waals surface area (Å²) in [6.07, 6.45) is 0. The molecular weight excluding hydrogens is 181 g/mol. The Bertz CT molecular complexity index is 235. The Morgan fingerprint density at radius 3 is 2.83 bits per heavy atom. The van der Waals surface area contributed by atoms with Gasteiger partial charge in [-0.15, -0.1) is 0 Å². The molecule has 6 heteroatoms. The number of rotatable bonds is 4. The second-order valence-corrected chi connectivity index (χ2v) is 2.30. The molecule has 0 saturated carbocycles. The standard InChI is InChI=1S/C6H10NO4P/c1-10-2-3-11-6(8)5(7)4-12-9/h5H,2-3,7H2,1H3/t5-/m0/s1. The summed E-state index contributed by atoms with van der Waals surface area (Å²) in [4.78, 5) is 10.8. The van der Waals surface area contributed by atoms with Crippen molar-refractivity contribution in [2.24, 2.45) is 5.73 Å². The molecule has 0 aliphatic rings. The van der Waals surface area contributed by atoms with Gasteiger partial charge >= 0.3 is 70.4 Å². The van der Waals surface area contributed by atoms with Crippen molar-refractivity contribution >= 4 is 13.9 Å². The number of esters is 1. The number of methoxy groups -OCH3 is 1. The van der Waals surface area contributed by atoms with Gasteiger partial charge in [0.25, 0.3) is 0 Å². The van der Waals surface area contributed by atoms with E-state index in [1.165, 1.54) is 7.11 Å². The van der Waals surface area contributed by atoms with E-state index in [2.05, 4.69) is 15.1 Å².